The maximum Gasteiger partial charge on any atom is 0.150 e. The predicted octanol–water partition coefficient (Wildman–Crippen LogP) is 1.72. The van der Waals surface area contributed by atoms with Gasteiger partial charge in [-0.15, -0.1) is 0 Å². The molecule has 5 heteroatoms. The highest BCUT2D eigenvalue weighted by Gasteiger charge is 2.48. The van der Waals surface area contributed by atoms with Crippen molar-refractivity contribution < 1.29 is 10.4 Å². The lowest BCUT2D eigenvalue weighted by molar-refractivity contribution is -0.212. The van der Waals surface area contributed by atoms with Crippen molar-refractivity contribution in [2.45, 2.75) is 43.9 Å². The molecular formula is C11H17N3O2. The number of fused-ring (bicyclic) bond motifs is 1. The molecule has 2 fully saturated rings. The van der Waals surface area contributed by atoms with E-state index in [0.29, 0.717) is 0 Å². The first kappa shape index (κ1) is 10.3. The minimum atomic E-state index is -0.442. The summed E-state index contributed by atoms with van der Waals surface area (Å²) in [5.74, 6) is 0. The van der Waals surface area contributed by atoms with E-state index in [1.165, 1.54) is 10.1 Å². The van der Waals surface area contributed by atoms with Gasteiger partial charge >= 0.3 is 0 Å². The first-order chi connectivity index (χ1) is 7.79. The van der Waals surface area contributed by atoms with Gasteiger partial charge in [-0.05, 0) is 25.0 Å². The van der Waals surface area contributed by atoms with Crippen LogP contribution in [0.1, 0.15) is 37.5 Å². The second-order valence-electron chi connectivity index (χ2n) is 4.68. The van der Waals surface area contributed by atoms with Gasteiger partial charge in [-0.1, -0.05) is 12.8 Å². The molecule has 88 valence electrons. The van der Waals surface area contributed by atoms with Gasteiger partial charge in [-0.25, -0.2) is 0 Å². The molecule has 3 rings (SSSR count). The topological polar surface area (TPSA) is 62.7 Å². The van der Waals surface area contributed by atoms with Gasteiger partial charge in [0, 0.05) is 6.20 Å². The van der Waals surface area contributed by atoms with Crippen molar-refractivity contribution in [3.63, 3.8) is 0 Å². The Morgan fingerprint density at radius 3 is 2.25 bits per heavy atom. The molecule has 0 radical (unpaired) electrons. The fourth-order valence-electron chi connectivity index (χ4n) is 2.98. The highest BCUT2D eigenvalue weighted by Crippen LogP contribution is 2.40. The van der Waals surface area contributed by atoms with Crippen molar-refractivity contribution in [3.05, 3.63) is 24.0 Å². The highest BCUT2D eigenvalue weighted by atomic mass is 16.6. The minimum Gasteiger partial charge on any atom is -0.362 e. The maximum absolute atomic E-state index is 10.1. The molecule has 0 amide bonds. The number of H-pyrrole nitrogens is 1. The predicted molar refractivity (Wildman–Crippen MR) is 56.8 cm³/mol. The molecule has 0 bridgehead atoms. The molecule has 16 heavy (non-hydrogen) atoms. The minimum absolute atomic E-state index is 0.0621. The number of hydrogen-bond acceptors (Lipinski definition) is 4. The second-order valence-corrected chi connectivity index (χ2v) is 4.68. The first-order valence-corrected chi connectivity index (χ1v) is 5.87. The number of nitrogens with one attached hydrogen (secondary N) is 1. The monoisotopic (exact) mass is 223 g/mol. The van der Waals surface area contributed by atoms with Crippen LogP contribution in [0.2, 0.25) is 0 Å². The molecule has 1 aliphatic heterocycles. The highest BCUT2D eigenvalue weighted by molar-refractivity contribution is 5.11. The molecule has 2 aliphatic rings. The van der Waals surface area contributed by atoms with Crippen molar-refractivity contribution in [1.82, 2.24) is 15.1 Å². The Labute approximate surface area is 94.2 Å². The Hall–Kier alpha value is -0.880. The quantitative estimate of drug-likeness (QED) is 0.678. The van der Waals surface area contributed by atoms with Gasteiger partial charge in [0.05, 0.1) is 17.8 Å². The zero-order chi connectivity index (χ0) is 11.1. The van der Waals surface area contributed by atoms with Crippen LogP contribution < -0.4 is 0 Å². The van der Waals surface area contributed by atoms with Crippen LogP contribution in [-0.2, 0) is 0 Å². The van der Waals surface area contributed by atoms with Crippen LogP contribution in [0, 0.1) is 0 Å². The number of aromatic amines is 1. The van der Waals surface area contributed by atoms with E-state index in [9.17, 15) is 10.4 Å². The lowest BCUT2D eigenvalue weighted by Crippen LogP contribution is -2.37. The summed E-state index contributed by atoms with van der Waals surface area (Å²) in [6.07, 6.45) is 5.53. The molecule has 1 aromatic rings. The Morgan fingerprint density at radius 1 is 1.12 bits per heavy atom. The summed E-state index contributed by atoms with van der Waals surface area (Å²) < 4.78 is 0. The van der Waals surface area contributed by atoms with Crippen molar-refractivity contribution in [2.75, 3.05) is 0 Å². The Kier molecular flexibility index (Phi) is 2.48. The normalized spacial score (nSPS) is 33.1. The summed E-state index contributed by atoms with van der Waals surface area (Å²) in [5, 5.41) is 22.9. The third kappa shape index (κ3) is 1.40. The van der Waals surface area contributed by atoms with Crippen LogP contribution in [0.5, 0.6) is 0 Å². The van der Waals surface area contributed by atoms with Crippen molar-refractivity contribution in [1.29, 1.82) is 0 Å². The van der Waals surface area contributed by atoms with E-state index in [0.717, 1.165) is 31.4 Å². The van der Waals surface area contributed by atoms with Gasteiger partial charge in [0.1, 0.15) is 0 Å². The molecule has 2 atom stereocenters. The molecule has 1 saturated carbocycles. The largest absolute Gasteiger partial charge is 0.362 e. The van der Waals surface area contributed by atoms with Gasteiger partial charge in [0.2, 0.25) is 0 Å². The van der Waals surface area contributed by atoms with Crippen LogP contribution in [0.3, 0.4) is 0 Å². The average Bonchev–Trinajstić information content (AvgIpc) is 2.89. The van der Waals surface area contributed by atoms with E-state index >= 15 is 0 Å². The SMILES string of the molecule is ON1C(c2ccc[nH]2)N(O)[C@H]2CCCC[C@@H]21. The van der Waals surface area contributed by atoms with Crippen molar-refractivity contribution in [3.8, 4) is 0 Å². The van der Waals surface area contributed by atoms with E-state index in [4.69, 9.17) is 0 Å². The zero-order valence-corrected chi connectivity index (χ0v) is 9.08. The number of hydroxylamine groups is 4. The molecule has 1 aliphatic carbocycles. The Bertz CT molecular complexity index is 336. The molecule has 1 saturated heterocycles. The second kappa shape index (κ2) is 3.85. The average molecular weight is 223 g/mol. The zero-order valence-electron chi connectivity index (χ0n) is 9.08. The summed E-state index contributed by atoms with van der Waals surface area (Å²) in [6, 6.07) is 3.88. The Balaban J connectivity index is 1.90. The van der Waals surface area contributed by atoms with E-state index in [1.807, 2.05) is 12.1 Å². The van der Waals surface area contributed by atoms with E-state index in [-0.39, 0.29) is 12.1 Å². The van der Waals surface area contributed by atoms with Gasteiger partial charge in [0.15, 0.2) is 6.17 Å². The summed E-state index contributed by atoms with van der Waals surface area (Å²) >= 11 is 0. The lowest BCUT2D eigenvalue weighted by atomic mass is 9.91. The number of aromatic nitrogens is 1. The van der Waals surface area contributed by atoms with Gasteiger partial charge in [0.25, 0.3) is 0 Å². The third-order valence-corrected chi connectivity index (χ3v) is 3.77. The first-order valence-electron chi connectivity index (χ1n) is 5.87. The maximum atomic E-state index is 10.1. The summed E-state index contributed by atoms with van der Waals surface area (Å²) in [4.78, 5) is 3.05. The molecule has 2 heterocycles. The van der Waals surface area contributed by atoms with Gasteiger partial charge < -0.3 is 15.4 Å². The van der Waals surface area contributed by atoms with Crippen LogP contribution in [0.25, 0.3) is 0 Å². The van der Waals surface area contributed by atoms with Gasteiger partial charge in [-0.2, -0.15) is 10.1 Å². The fourth-order valence-corrected chi connectivity index (χ4v) is 2.98. The van der Waals surface area contributed by atoms with Crippen LogP contribution in [0.4, 0.5) is 0 Å². The van der Waals surface area contributed by atoms with Crippen LogP contribution >= 0.6 is 0 Å². The molecule has 1 aromatic heterocycles. The van der Waals surface area contributed by atoms with Crippen molar-refractivity contribution in [2.24, 2.45) is 0 Å². The number of hydrogen-bond donors (Lipinski definition) is 3. The molecule has 0 spiro atoms. The Morgan fingerprint density at radius 2 is 1.75 bits per heavy atom. The smallest absolute Gasteiger partial charge is 0.150 e. The molecular weight excluding hydrogens is 206 g/mol. The molecule has 5 nitrogen and oxygen atoms in total. The van der Waals surface area contributed by atoms with E-state index < -0.39 is 6.17 Å². The molecule has 0 aromatic carbocycles. The van der Waals surface area contributed by atoms with E-state index in [2.05, 4.69) is 4.98 Å². The fraction of sp³-hybridized carbons (Fsp3) is 0.636. The van der Waals surface area contributed by atoms with E-state index in [1.54, 1.807) is 6.20 Å². The lowest BCUT2D eigenvalue weighted by Gasteiger charge is -2.27. The third-order valence-electron chi connectivity index (χ3n) is 3.77. The summed E-state index contributed by atoms with van der Waals surface area (Å²) in [5.41, 5.74) is 0.833. The molecule has 3 N–H and O–H groups in total. The van der Waals surface area contributed by atoms with Crippen molar-refractivity contribution >= 4 is 0 Å². The standard InChI is InChI=1S/C11H17N3O2/c15-13-9-5-1-2-6-10(9)14(16)11(13)8-4-3-7-12-8/h3-4,7,9-12,15-16H,1-2,5-6H2/t9-,10-/m0/s1. The van der Waals surface area contributed by atoms with Gasteiger partial charge in [-0.3, -0.25) is 0 Å². The van der Waals surface area contributed by atoms with Crippen LogP contribution in [-0.4, -0.2) is 37.6 Å². The summed E-state index contributed by atoms with van der Waals surface area (Å²) in [6.45, 7) is 0. The summed E-state index contributed by atoms with van der Waals surface area (Å²) in [7, 11) is 0. The number of nitrogens with zero attached hydrogens (tertiary/aromatic N) is 2. The van der Waals surface area contributed by atoms with Crippen LogP contribution in [0.15, 0.2) is 18.3 Å². The number of rotatable bonds is 1. The molecule has 0 unspecified atom stereocenters.